The van der Waals surface area contributed by atoms with Gasteiger partial charge in [-0.15, -0.1) is 0 Å². The summed E-state index contributed by atoms with van der Waals surface area (Å²) in [4.78, 5) is 0. The number of benzene rings is 1. The Morgan fingerprint density at radius 1 is 1.29 bits per heavy atom. The average molecular weight is 209 g/mol. The van der Waals surface area contributed by atoms with Crippen molar-refractivity contribution in [1.29, 1.82) is 0 Å². The van der Waals surface area contributed by atoms with Crippen molar-refractivity contribution in [2.75, 3.05) is 6.61 Å². The third-order valence-corrected chi connectivity index (χ3v) is 2.59. The van der Waals surface area contributed by atoms with Crippen molar-refractivity contribution in [2.24, 2.45) is 0 Å². The molecule has 2 heteroatoms. The summed E-state index contributed by atoms with van der Waals surface area (Å²) in [6, 6.07) is 7.81. The lowest BCUT2D eigenvalue weighted by molar-refractivity contribution is 0.146. The Balaban J connectivity index is 1.99. The van der Waals surface area contributed by atoms with Crippen LogP contribution in [0.2, 0.25) is 5.02 Å². The first-order valence-electron chi connectivity index (χ1n) is 4.90. The van der Waals surface area contributed by atoms with E-state index in [-0.39, 0.29) is 0 Å². The molecule has 2 rings (SSSR count). The predicted octanol–water partition coefficient (Wildman–Crippen LogP) is 3.53. The van der Waals surface area contributed by atoms with E-state index in [2.05, 4.69) is 12.2 Å². The third-order valence-electron chi connectivity index (χ3n) is 2.34. The monoisotopic (exact) mass is 208 g/mol. The number of hydrogen-bond donors (Lipinski definition) is 0. The molecule has 1 aromatic carbocycles. The zero-order valence-corrected chi connectivity index (χ0v) is 8.70. The van der Waals surface area contributed by atoms with Gasteiger partial charge in [0, 0.05) is 11.6 Å². The Bertz CT molecular complexity index is 310. The maximum absolute atomic E-state index is 5.79. The molecule has 0 spiro atoms. The molecule has 0 saturated carbocycles. The molecular weight excluding hydrogens is 196 g/mol. The summed E-state index contributed by atoms with van der Waals surface area (Å²) in [5.41, 5.74) is 1.17. The minimum Gasteiger partial charge on any atom is -0.374 e. The largest absolute Gasteiger partial charge is 0.374 e. The molecule has 1 unspecified atom stereocenters. The normalized spacial score (nSPS) is 21.9. The standard InChI is InChI=1S/C12H13ClO/c13-11-6-3-10(4-7-11)5-8-12-2-1-9-14-12/h3-8,12H,1-2,9H2/b8-5+. The number of hydrogen-bond acceptors (Lipinski definition) is 1. The predicted molar refractivity (Wildman–Crippen MR) is 59.5 cm³/mol. The highest BCUT2D eigenvalue weighted by molar-refractivity contribution is 6.30. The van der Waals surface area contributed by atoms with Crippen molar-refractivity contribution in [3.8, 4) is 0 Å². The van der Waals surface area contributed by atoms with Crippen LogP contribution in [-0.4, -0.2) is 12.7 Å². The Labute approximate surface area is 89.3 Å². The van der Waals surface area contributed by atoms with Crippen LogP contribution in [0.5, 0.6) is 0 Å². The maximum atomic E-state index is 5.79. The summed E-state index contributed by atoms with van der Waals surface area (Å²) in [6.45, 7) is 0.898. The van der Waals surface area contributed by atoms with Crippen LogP contribution in [0.25, 0.3) is 6.08 Å². The Kier molecular flexibility index (Phi) is 3.22. The molecule has 1 fully saturated rings. The van der Waals surface area contributed by atoms with Gasteiger partial charge in [0.2, 0.25) is 0 Å². The lowest BCUT2D eigenvalue weighted by Crippen LogP contribution is -1.98. The number of halogens is 1. The first-order chi connectivity index (χ1) is 6.84. The summed E-state index contributed by atoms with van der Waals surface area (Å²) in [6.07, 6.45) is 6.84. The summed E-state index contributed by atoms with van der Waals surface area (Å²) < 4.78 is 5.49. The van der Waals surface area contributed by atoms with E-state index in [4.69, 9.17) is 16.3 Å². The molecule has 74 valence electrons. The Morgan fingerprint density at radius 2 is 2.07 bits per heavy atom. The Hall–Kier alpha value is -0.790. The van der Waals surface area contributed by atoms with Crippen LogP contribution in [0.15, 0.2) is 30.3 Å². The van der Waals surface area contributed by atoms with Gasteiger partial charge in [-0.25, -0.2) is 0 Å². The second-order valence-corrected chi connectivity index (χ2v) is 3.90. The van der Waals surface area contributed by atoms with Crippen molar-refractivity contribution < 1.29 is 4.74 Å². The average Bonchev–Trinajstić information content (AvgIpc) is 2.70. The molecule has 14 heavy (non-hydrogen) atoms. The molecular formula is C12H13ClO. The summed E-state index contributed by atoms with van der Waals surface area (Å²) >= 11 is 5.79. The Morgan fingerprint density at radius 3 is 2.71 bits per heavy atom. The summed E-state index contributed by atoms with van der Waals surface area (Å²) in [7, 11) is 0. The van der Waals surface area contributed by atoms with E-state index in [0.29, 0.717) is 6.10 Å². The topological polar surface area (TPSA) is 9.23 Å². The molecule has 1 aliphatic heterocycles. The highest BCUT2D eigenvalue weighted by atomic mass is 35.5. The van der Waals surface area contributed by atoms with Crippen molar-refractivity contribution in [3.05, 3.63) is 40.9 Å². The number of ether oxygens (including phenoxy) is 1. The second-order valence-electron chi connectivity index (χ2n) is 3.46. The van der Waals surface area contributed by atoms with E-state index in [1.165, 1.54) is 12.0 Å². The van der Waals surface area contributed by atoms with E-state index in [0.717, 1.165) is 18.1 Å². The van der Waals surface area contributed by atoms with E-state index in [1.807, 2.05) is 24.3 Å². The zero-order chi connectivity index (χ0) is 9.80. The van der Waals surface area contributed by atoms with Gasteiger partial charge in [0.1, 0.15) is 0 Å². The molecule has 1 atom stereocenters. The molecule has 1 aliphatic rings. The molecule has 0 bridgehead atoms. The number of rotatable bonds is 2. The van der Waals surface area contributed by atoms with Crippen molar-refractivity contribution in [1.82, 2.24) is 0 Å². The van der Waals surface area contributed by atoms with Crippen molar-refractivity contribution in [2.45, 2.75) is 18.9 Å². The van der Waals surface area contributed by atoms with Gasteiger partial charge in [-0.1, -0.05) is 35.9 Å². The molecule has 1 heterocycles. The lowest BCUT2D eigenvalue weighted by atomic mass is 10.1. The van der Waals surface area contributed by atoms with Gasteiger partial charge in [0.25, 0.3) is 0 Å². The van der Waals surface area contributed by atoms with E-state index in [1.54, 1.807) is 0 Å². The van der Waals surface area contributed by atoms with E-state index >= 15 is 0 Å². The fourth-order valence-electron chi connectivity index (χ4n) is 1.55. The summed E-state index contributed by atoms with van der Waals surface area (Å²) in [5.74, 6) is 0. The maximum Gasteiger partial charge on any atom is 0.0759 e. The second kappa shape index (κ2) is 4.63. The molecule has 0 amide bonds. The minimum absolute atomic E-state index is 0.311. The quantitative estimate of drug-likeness (QED) is 0.723. The molecule has 0 aliphatic carbocycles. The van der Waals surface area contributed by atoms with Gasteiger partial charge < -0.3 is 4.74 Å². The van der Waals surface area contributed by atoms with Gasteiger partial charge in [-0.3, -0.25) is 0 Å². The molecule has 0 aromatic heterocycles. The molecule has 1 nitrogen and oxygen atoms in total. The summed E-state index contributed by atoms with van der Waals surface area (Å²) in [5, 5.41) is 0.777. The highest BCUT2D eigenvalue weighted by Gasteiger charge is 2.10. The van der Waals surface area contributed by atoms with Crippen LogP contribution in [0.3, 0.4) is 0 Å². The van der Waals surface area contributed by atoms with Crippen molar-refractivity contribution >= 4 is 17.7 Å². The highest BCUT2D eigenvalue weighted by Crippen LogP contribution is 2.15. The zero-order valence-electron chi connectivity index (χ0n) is 7.95. The van der Waals surface area contributed by atoms with Crippen LogP contribution in [0, 0.1) is 0 Å². The SMILES string of the molecule is Clc1ccc(/C=C/C2CCCO2)cc1. The molecule has 1 saturated heterocycles. The molecule has 1 aromatic rings. The van der Waals surface area contributed by atoms with Gasteiger partial charge in [0.05, 0.1) is 6.10 Å². The van der Waals surface area contributed by atoms with Gasteiger partial charge >= 0.3 is 0 Å². The van der Waals surface area contributed by atoms with Crippen LogP contribution < -0.4 is 0 Å². The van der Waals surface area contributed by atoms with Crippen molar-refractivity contribution in [3.63, 3.8) is 0 Å². The fourth-order valence-corrected chi connectivity index (χ4v) is 1.67. The minimum atomic E-state index is 0.311. The van der Waals surface area contributed by atoms with E-state index in [9.17, 15) is 0 Å². The third kappa shape index (κ3) is 2.60. The molecule has 0 radical (unpaired) electrons. The van der Waals surface area contributed by atoms with Crippen LogP contribution in [0.4, 0.5) is 0 Å². The first kappa shape index (κ1) is 9.75. The lowest BCUT2D eigenvalue weighted by Gasteiger charge is -2.01. The van der Waals surface area contributed by atoms with E-state index < -0.39 is 0 Å². The fraction of sp³-hybridized carbons (Fsp3) is 0.333. The van der Waals surface area contributed by atoms with Crippen LogP contribution >= 0.6 is 11.6 Å². The van der Waals surface area contributed by atoms with Gasteiger partial charge in [-0.05, 0) is 30.5 Å². The molecule has 0 N–H and O–H groups in total. The van der Waals surface area contributed by atoms with Gasteiger partial charge in [0.15, 0.2) is 0 Å². The van der Waals surface area contributed by atoms with Crippen LogP contribution in [-0.2, 0) is 4.74 Å². The van der Waals surface area contributed by atoms with Crippen LogP contribution in [0.1, 0.15) is 18.4 Å². The first-order valence-corrected chi connectivity index (χ1v) is 5.28. The smallest absolute Gasteiger partial charge is 0.0759 e. The van der Waals surface area contributed by atoms with Gasteiger partial charge in [-0.2, -0.15) is 0 Å².